The van der Waals surface area contributed by atoms with Gasteiger partial charge in [-0.15, -0.1) is 0 Å². The summed E-state index contributed by atoms with van der Waals surface area (Å²) in [6.07, 6.45) is 10.3. The monoisotopic (exact) mass is 204 g/mol. The van der Waals surface area contributed by atoms with Crippen molar-refractivity contribution >= 4 is 5.78 Å². The van der Waals surface area contributed by atoms with Gasteiger partial charge in [-0.1, -0.05) is 44.2 Å². The molecule has 15 heavy (non-hydrogen) atoms. The van der Waals surface area contributed by atoms with E-state index in [4.69, 9.17) is 0 Å². The molecule has 1 nitrogen and oxygen atoms in total. The zero-order valence-corrected chi connectivity index (χ0v) is 9.70. The summed E-state index contributed by atoms with van der Waals surface area (Å²) in [5.41, 5.74) is 1.08. The van der Waals surface area contributed by atoms with E-state index in [0.29, 0.717) is 18.3 Å². The highest BCUT2D eigenvalue weighted by Gasteiger charge is 2.11. The van der Waals surface area contributed by atoms with E-state index in [1.165, 1.54) is 0 Å². The van der Waals surface area contributed by atoms with Crippen molar-refractivity contribution in [1.29, 1.82) is 0 Å². The van der Waals surface area contributed by atoms with Gasteiger partial charge < -0.3 is 0 Å². The van der Waals surface area contributed by atoms with Gasteiger partial charge in [-0.25, -0.2) is 0 Å². The third-order valence-electron chi connectivity index (χ3n) is 2.84. The SMILES string of the molecule is C=C1/C=C/[C@H](C(C)C)CCC(=O)/C=C\C1. The van der Waals surface area contributed by atoms with Gasteiger partial charge in [0.15, 0.2) is 5.78 Å². The molecular formula is C14H20O. The van der Waals surface area contributed by atoms with Gasteiger partial charge in [-0.05, 0) is 30.8 Å². The Bertz CT molecular complexity index is 294. The van der Waals surface area contributed by atoms with E-state index in [9.17, 15) is 4.79 Å². The van der Waals surface area contributed by atoms with Crippen LogP contribution in [0.1, 0.15) is 33.1 Å². The van der Waals surface area contributed by atoms with Crippen LogP contribution in [0.4, 0.5) is 0 Å². The average Bonchev–Trinajstić information content (AvgIpc) is 2.16. The third kappa shape index (κ3) is 4.28. The molecule has 1 aliphatic carbocycles. The number of hydrogen-bond donors (Lipinski definition) is 0. The van der Waals surface area contributed by atoms with Gasteiger partial charge in [0, 0.05) is 6.42 Å². The fourth-order valence-electron chi connectivity index (χ4n) is 1.71. The Balaban J connectivity index is 2.74. The second kappa shape index (κ2) is 5.69. The summed E-state index contributed by atoms with van der Waals surface area (Å²) in [5, 5.41) is 0. The summed E-state index contributed by atoms with van der Waals surface area (Å²) in [5.74, 6) is 1.33. The predicted molar refractivity (Wildman–Crippen MR) is 64.6 cm³/mol. The minimum absolute atomic E-state index is 0.240. The van der Waals surface area contributed by atoms with Crippen molar-refractivity contribution in [3.63, 3.8) is 0 Å². The number of ketones is 1. The molecule has 1 rings (SSSR count). The summed E-state index contributed by atoms with van der Waals surface area (Å²) in [6, 6.07) is 0. The maximum Gasteiger partial charge on any atom is 0.155 e. The van der Waals surface area contributed by atoms with Crippen molar-refractivity contribution in [2.24, 2.45) is 11.8 Å². The molecule has 1 aliphatic rings. The van der Waals surface area contributed by atoms with Crippen LogP contribution in [0.2, 0.25) is 0 Å². The maximum atomic E-state index is 11.4. The lowest BCUT2D eigenvalue weighted by Gasteiger charge is -2.16. The fourth-order valence-corrected chi connectivity index (χ4v) is 1.71. The van der Waals surface area contributed by atoms with Crippen LogP contribution in [0.15, 0.2) is 36.5 Å². The molecule has 0 amide bonds. The molecule has 82 valence electrons. The molecule has 0 bridgehead atoms. The second-order valence-electron chi connectivity index (χ2n) is 4.54. The highest BCUT2D eigenvalue weighted by atomic mass is 16.1. The molecule has 0 unspecified atom stereocenters. The van der Waals surface area contributed by atoms with E-state index in [1.54, 1.807) is 6.08 Å². The van der Waals surface area contributed by atoms with Crippen LogP contribution in [0, 0.1) is 11.8 Å². The van der Waals surface area contributed by atoms with Crippen LogP contribution >= 0.6 is 0 Å². The number of rotatable bonds is 1. The lowest BCUT2D eigenvalue weighted by Crippen LogP contribution is -2.08. The third-order valence-corrected chi connectivity index (χ3v) is 2.84. The molecule has 1 atom stereocenters. The van der Waals surface area contributed by atoms with Crippen molar-refractivity contribution in [3.8, 4) is 0 Å². The Morgan fingerprint density at radius 3 is 2.80 bits per heavy atom. The van der Waals surface area contributed by atoms with E-state index >= 15 is 0 Å². The highest BCUT2D eigenvalue weighted by molar-refractivity contribution is 5.89. The van der Waals surface area contributed by atoms with Gasteiger partial charge in [-0.3, -0.25) is 4.79 Å². The van der Waals surface area contributed by atoms with Crippen molar-refractivity contribution in [2.75, 3.05) is 0 Å². The highest BCUT2D eigenvalue weighted by Crippen LogP contribution is 2.21. The van der Waals surface area contributed by atoms with Crippen LogP contribution in [0.5, 0.6) is 0 Å². The second-order valence-corrected chi connectivity index (χ2v) is 4.54. The molecular weight excluding hydrogens is 184 g/mol. The van der Waals surface area contributed by atoms with Gasteiger partial charge in [0.25, 0.3) is 0 Å². The van der Waals surface area contributed by atoms with Crippen LogP contribution < -0.4 is 0 Å². The Kier molecular flexibility index (Phi) is 4.54. The zero-order chi connectivity index (χ0) is 11.3. The molecule has 0 N–H and O–H groups in total. The molecule has 0 aromatic carbocycles. The Labute approximate surface area is 92.6 Å². The summed E-state index contributed by atoms with van der Waals surface area (Å²) in [4.78, 5) is 11.4. The molecule has 0 fully saturated rings. The van der Waals surface area contributed by atoms with Gasteiger partial charge in [0.1, 0.15) is 0 Å². The largest absolute Gasteiger partial charge is 0.295 e. The van der Waals surface area contributed by atoms with Gasteiger partial charge in [-0.2, -0.15) is 0 Å². The topological polar surface area (TPSA) is 17.1 Å². The standard InChI is InChI=1S/C14H20O/c1-11(2)13-8-7-12(3)5-4-6-14(15)10-9-13/h4,6-8,11,13H,3,5,9-10H2,1-2H3/b6-4-,8-7+/t13-/m0/s1. The van der Waals surface area contributed by atoms with Crippen molar-refractivity contribution in [3.05, 3.63) is 36.5 Å². The maximum absolute atomic E-state index is 11.4. The van der Waals surface area contributed by atoms with Gasteiger partial charge in [0.2, 0.25) is 0 Å². The lowest BCUT2D eigenvalue weighted by molar-refractivity contribution is -0.114. The van der Waals surface area contributed by atoms with Crippen molar-refractivity contribution < 1.29 is 4.79 Å². The number of carbonyl (C=O) groups is 1. The first kappa shape index (κ1) is 12.0. The first-order valence-electron chi connectivity index (χ1n) is 5.65. The first-order chi connectivity index (χ1) is 7.09. The summed E-state index contributed by atoms with van der Waals surface area (Å²) in [7, 11) is 0. The Morgan fingerprint density at radius 2 is 2.13 bits per heavy atom. The molecule has 0 aliphatic heterocycles. The quantitative estimate of drug-likeness (QED) is 0.636. The van der Waals surface area contributed by atoms with Crippen LogP contribution in [0.3, 0.4) is 0 Å². The Morgan fingerprint density at radius 1 is 1.40 bits per heavy atom. The van der Waals surface area contributed by atoms with E-state index in [1.807, 2.05) is 6.08 Å². The van der Waals surface area contributed by atoms with Crippen LogP contribution in [-0.4, -0.2) is 5.78 Å². The Hall–Kier alpha value is -1.11. The molecule has 0 heterocycles. The molecule has 0 spiro atoms. The smallest absolute Gasteiger partial charge is 0.155 e. The van der Waals surface area contributed by atoms with Gasteiger partial charge >= 0.3 is 0 Å². The molecule has 0 aromatic heterocycles. The summed E-state index contributed by atoms with van der Waals surface area (Å²) >= 11 is 0. The van der Waals surface area contributed by atoms with Crippen LogP contribution in [-0.2, 0) is 4.79 Å². The van der Waals surface area contributed by atoms with Crippen LogP contribution in [0.25, 0.3) is 0 Å². The minimum Gasteiger partial charge on any atom is -0.295 e. The number of carbonyl (C=O) groups excluding carboxylic acids is 1. The van der Waals surface area contributed by atoms with Crippen molar-refractivity contribution in [2.45, 2.75) is 33.1 Å². The molecule has 1 heteroatoms. The number of hydrogen-bond acceptors (Lipinski definition) is 1. The van der Waals surface area contributed by atoms with Crippen molar-refractivity contribution in [1.82, 2.24) is 0 Å². The van der Waals surface area contributed by atoms with E-state index < -0.39 is 0 Å². The number of allylic oxidation sites excluding steroid dienone is 5. The molecule has 0 aromatic rings. The molecule has 0 saturated carbocycles. The summed E-state index contributed by atoms with van der Waals surface area (Å²) in [6.45, 7) is 8.35. The first-order valence-corrected chi connectivity index (χ1v) is 5.65. The minimum atomic E-state index is 0.240. The van der Waals surface area contributed by atoms with E-state index in [2.05, 4.69) is 32.6 Å². The zero-order valence-electron chi connectivity index (χ0n) is 9.70. The fraction of sp³-hybridized carbons (Fsp3) is 0.500. The predicted octanol–water partition coefficient (Wildman–Crippen LogP) is 3.68. The van der Waals surface area contributed by atoms with E-state index in [-0.39, 0.29) is 5.78 Å². The molecule has 0 radical (unpaired) electrons. The van der Waals surface area contributed by atoms with Gasteiger partial charge in [0.05, 0.1) is 0 Å². The average molecular weight is 204 g/mol. The normalized spacial score (nSPS) is 27.8. The van der Waals surface area contributed by atoms with E-state index in [0.717, 1.165) is 18.4 Å². The molecule has 0 saturated heterocycles. The summed E-state index contributed by atoms with van der Waals surface area (Å²) < 4.78 is 0. The lowest BCUT2D eigenvalue weighted by atomic mass is 9.89.